The monoisotopic (exact) mass is 168 g/mol. The Kier molecular flexibility index (Phi) is 5.35. The fraction of sp³-hybridized carbons (Fsp3) is 0.455. The lowest BCUT2D eigenvalue weighted by atomic mass is 10.1. The summed E-state index contributed by atoms with van der Waals surface area (Å²) in [6.07, 6.45) is -0.847. The van der Waals surface area contributed by atoms with Gasteiger partial charge in [0, 0.05) is 0 Å². The first-order valence-electron chi connectivity index (χ1n) is 4.41. The molecular formula is C11H17F. The molecule has 1 atom stereocenters. The van der Waals surface area contributed by atoms with Gasteiger partial charge in [-0.25, -0.2) is 4.39 Å². The summed E-state index contributed by atoms with van der Waals surface area (Å²) < 4.78 is 12.6. The maximum Gasteiger partial charge on any atom is 0.122 e. The third-order valence-electron chi connectivity index (χ3n) is 1.54. The molecule has 0 radical (unpaired) electrons. The number of hydrogen-bond acceptors (Lipinski definition) is 0. The highest BCUT2D eigenvalue weighted by atomic mass is 19.1. The molecule has 0 saturated carbocycles. The van der Waals surface area contributed by atoms with E-state index in [0.29, 0.717) is 0 Å². The molecule has 1 aromatic rings. The zero-order valence-corrected chi connectivity index (χ0v) is 8.26. The maximum atomic E-state index is 12.6. The van der Waals surface area contributed by atoms with Gasteiger partial charge in [0.05, 0.1) is 0 Å². The second-order valence-electron chi connectivity index (χ2n) is 2.53. The Morgan fingerprint density at radius 2 is 1.50 bits per heavy atom. The SMILES string of the molecule is CC.Cc1ccc(C(C)F)cc1. The van der Waals surface area contributed by atoms with Gasteiger partial charge in [0.25, 0.3) is 0 Å². The highest BCUT2D eigenvalue weighted by Gasteiger charge is 1.99. The summed E-state index contributed by atoms with van der Waals surface area (Å²) in [4.78, 5) is 0. The Morgan fingerprint density at radius 1 is 1.08 bits per heavy atom. The van der Waals surface area contributed by atoms with Gasteiger partial charge in [-0.05, 0) is 19.4 Å². The molecule has 0 nitrogen and oxygen atoms in total. The predicted octanol–water partition coefficient (Wildman–Crippen LogP) is 4.05. The highest BCUT2D eigenvalue weighted by Crippen LogP contribution is 2.15. The molecule has 0 aliphatic rings. The van der Waals surface area contributed by atoms with Crippen LogP contribution in [0.15, 0.2) is 24.3 Å². The van der Waals surface area contributed by atoms with E-state index in [0.717, 1.165) is 5.56 Å². The van der Waals surface area contributed by atoms with Crippen LogP contribution in [-0.2, 0) is 0 Å². The third kappa shape index (κ3) is 3.51. The first-order valence-corrected chi connectivity index (χ1v) is 4.41. The van der Waals surface area contributed by atoms with Crippen molar-refractivity contribution >= 4 is 0 Å². The van der Waals surface area contributed by atoms with E-state index < -0.39 is 6.17 Å². The summed E-state index contributed by atoms with van der Waals surface area (Å²) in [7, 11) is 0. The van der Waals surface area contributed by atoms with Crippen molar-refractivity contribution in [2.75, 3.05) is 0 Å². The fourth-order valence-electron chi connectivity index (χ4n) is 0.832. The molecule has 0 aliphatic carbocycles. The van der Waals surface area contributed by atoms with Gasteiger partial charge < -0.3 is 0 Å². The van der Waals surface area contributed by atoms with E-state index in [2.05, 4.69) is 0 Å². The number of alkyl halides is 1. The van der Waals surface area contributed by atoms with Crippen molar-refractivity contribution < 1.29 is 4.39 Å². The topological polar surface area (TPSA) is 0 Å². The summed E-state index contributed by atoms with van der Waals surface area (Å²) in [5.74, 6) is 0. The van der Waals surface area contributed by atoms with Gasteiger partial charge in [-0.15, -0.1) is 0 Å². The Morgan fingerprint density at radius 3 is 1.83 bits per heavy atom. The molecule has 68 valence electrons. The van der Waals surface area contributed by atoms with Crippen molar-refractivity contribution in [2.24, 2.45) is 0 Å². The van der Waals surface area contributed by atoms with E-state index in [4.69, 9.17) is 0 Å². The van der Waals surface area contributed by atoms with Crippen LogP contribution in [-0.4, -0.2) is 0 Å². The summed E-state index contributed by atoms with van der Waals surface area (Å²) in [6, 6.07) is 7.48. The molecule has 0 aliphatic heterocycles. The molecule has 1 aromatic carbocycles. The van der Waals surface area contributed by atoms with Crippen LogP contribution in [0.1, 0.15) is 38.1 Å². The minimum absolute atomic E-state index is 0.755. The number of aryl methyl sites for hydroxylation is 1. The van der Waals surface area contributed by atoms with Gasteiger partial charge in [-0.2, -0.15) is 0 Å². The molecule has 0 spiro atoms. The van der Waals surface area contributed by atoms with Crippen LogP contribution in [0.25, 0.3) is 0 Å². The van der Waals surface area contributed by atoms with Crippen LogP contribution >= 0.6 is 0 Å². The van der Waals surface area contributed by atoms with Crippen molar-refractivity contribution in [1.29, 1.82) is 0 Å². The minimum Gasteiger partial charge on any atom is -0.243 e. The van der Waals surface area contributed by atoms with Crippen molar-refractivity contribution in [1.82, 2.24) is 0 Å². The molecule has 0 aromatic heterocycles. The molecule has 1 rings (SSSR count). The Hall–Kier alpha value is -0.850. The van der Waals surface area contributed by atoms with Gasteiger partial charge >= 0.3 is 0 Å². The fourth-order valence-corrected chi connectivity index (χ4v) is 0.832. The van der Waals surface area contributed by atoms with E-state index in [1.807, 2.05) is 45.0 Å². The van der Waals surface area contributed by atoms with Crippen LogP contribution < -0.4 is 0 Å². The second-order valence-corrected chi connectivity index (χ2v) is 2.53. The Labute approximate surface area is 74.4 Å². The smallest absolute Gasteiger partial charge is 0.122 e. The molecule has 0 bridgehead atoms. The maximum absolute atomic E-state index is 12.6. The van der Waals surface area contributed by atoms with Crippen LogP contribution in [0.4, 0.5) is 4.39 Å². The molecule has 1 heteroatoms. The number of hydrogen-bond donors (Lipinski definition) is 0. The Balaban J connectivity index is 0.000000561. The molecular weight excluding hydrogens is 151 g/mol. The van der Waals surface area contributed by atoms with Gasteiger partial charge in [-0.3, -0.25) is 0 Å². The average Bonchev–Trinajstić information content (AvgIpc) is 2.09. The minimum atomic E-state index is -0.847. The van der Waals surface area contributed by atoms with E-state index in [1.54, 1.807) is 6.92 Å². The van der Waals surface area contributed by atoms with Crippen LogP contribution in [0.5, 0.6) is 0 Å². The third-order valence-corrected chi connectivity index (χ3v) is 1.54. The van der Waals surface area contributed by atoms with E-state index in [9.17, 15) is 4.39 Å². The lowest BCUT2D eigenvalue weighted by Crippen LogP contribution is -1.83. The summed E-state index contributed by atoms with van der Waals surface area (Å²) >= 11 is 0. The normalized spacial score (nSPS) is 11.4. The van der Waals surface area contributed by atoms with Crippen LogP contribution in [0.2, 0.25) is 0 Å². The van der Waals surface area contributed by atoms with Gasteiger partial charge in [0.2, 0.25) is 0 Å². The number of halogens is 1. The molecule has 0 saturated heterocycles. The second kappa shape index (κ2) is 5.76. The molecule has 0 fully saturated rings. The van der Waals surface area contributed by atoms with Crippen molar-refractivity contribution in [2.45, 2.75) is 33.9 Å². The van der Waals surface area contributed by atoms with Crippen molar-refractivity contribution in [3.05, 3.63) is 35.4 Å². The number of benzene rings is 1. The molecule has 0 heterocycles. The summed E-state index contributed by atoms with van der Waals surface area (Å²) in [5, 5.41) is 0. The van der Waals surface area contributed by atoms with Gasteiger partial charge in [0.1, 0.15) is 6.17 Å². The zero-order chi connectivity index (χ0) is 9.56. The predicted molar refractivity (Wildman–Crippen MR) is 52.1 cm³/mol. The van der Waals surface area contributed by atoms with Crippen molar-refractivity contribution in [3.8, 4) is 0 Å². The zero-order valence-electron chi connectivity index (χ0n) is 8.26. The van der Waals surface area contributed by atoms with Gasteiger partial charge in [-0.1, -0.05) is 43.7 Å². The lowest BCUT2D eigenvalue weighted by molar-refractivity contribution is 0.374. The largest absolute Gasteiger partial charge is 0.243 e. The highest BCUT2D eigenvalue weighted by molar-refractivity contribution is 5.22. The van der Waals surface area contributed by atoms with E-state index >= 15 is 0 Å². The first kappa shape index (κ1) is 11.2. The molecule has 12 heavy (non-hydrogen) atoms. The molecule has 0 N–H and O–H groups in total. The van der Waals surface area contributed by atoms with Crippen LogP contribution in [0.3, 0.4) is 0 Å². The first-order chi connectivity index (χ1) is 5.70. The molecule has 0 amide bonds. The summed E-state index contributed by atoms with van der Waals surface area (Å²) in [5.41, 5.74) is 1.93. The van der Waals surface area contributed by atoms with E-state index in [-0.39, 0.29) is 0 Å². The van der Waals surface area contributed by atoms with Crippen molar-refractivity contribution in [3.63, 3.8) is 0 Å². The average molecular weight is 168 g/mol. The van der Waals surface area contributed by atoms with E-state index in [1.165, 1.54) is 5.56 Å². The molecule has 1 unspecified atom stereocenters. The summed E-state index contributed by atoms with van der Waals surface area (Å²) in [6.45, 7) is 7.54. The number of rotatable bonds is 1. The Bertz CT molecular complexity index is 199. The quantitative estimate of drug-likeness (QED) is 0.593. The van der Waals surface area contributed by atoms with Crippen LogP contribution in [0, 0.1) is 6.92 Å². The van der Waals surface area contributed by atoms with Gasteiger partial charge in [0.15, 0.2) is 0 Å². The lowest BCUT2D eigenvalue weighted by Gasteiger charge is -2.00. The standard InChI is InChI=1S/C9H11F.C2H6/c1-7-3-5-9(6-4-7)8(2)10;1-2/h3-6,8H,1-2H3;1-2H3.